The first-order chi connectivity index (χ1) is 9.54. The maximum atomic E-state index is 12.1. The molecular weight excluding hydrogens is 258 g/mol. The molecule has 0 fully saturated rings. The lowest BCUT2D eigenvalue weighted by Crippen LogP contribution is -2.40. The summed E-state index contributed by atoms with van der Waals surface area (Å²) in [6, 6.07) is 6.27. The number of carbonyl (C=O) groups is 2. The highest BCUT2D eigenvalue weighted by Crippen LogP contribution is 2.24. The highest BCUT2D eigenvalue weighted by Gasteiger charge is 2.23. The van der Waals surface area contributed by atoms with Gasteiger partial charge in [-0.1, -0.05) is 24.3 Å². The van der Waals surface area contributed by atoms with Crippen molar-refractivity contribution in [1.29, 1.82) is 0 Å². The third-order valence-electron chi connectivity index (χ3n) is 3.06. The number of furan rings is 1. The number of para-hydroxylation sites is 1. The van der Waals surface area contributed by atoms with Crippen LogP contribution in [0.15, 0.2) is 41.3 Å². The Kier molecular flexibility index (Phi) is 3.89. The van der Waals surface area contributed by atoms with Crippen LogP contribution in [0.4, 0.5) is 0 Å². The van der Waals surface area contributed by atoms with Crippen molar-refractivity contribution in [3.05, 3.63) is 48.2 Å². The summed E-state index contributed by atoms with van der Waals surface area (Å²) in [6.07, 6.45) is 1.60. The van der Waals surface area contributed by atoms with Crippen LogP contribution in [-0.4, -0.2) is 23.0 Å². The van der Waals surface area contributed by atoms with Gasteiger partial charge in [0.05, 0.1) is 0 Å². The lowest BCUT2D eigenvalue weighted by molar-refractivity contribution is -0.139. The first kappa shape index (κ1) is 13.9. The number of fused-ring (bicyclic) bond motifs is 1. The number of carboxylic acid groups (broad SMARTS) is 1. The highest BCUT2D eigenvalue weighted by molar-refractivity contribution is 6.00. The summed E-state index contributed by atoms with van der Waals surface area (Å²) < 4.78 is 5.49. The largest absolute Gasteiger partial charge is 0.480 e. The summed E-state index contributed by atoms with van der Waals surface area (Å²) in [5.41, 5.74) is 1.30. The van der Waals surface area contributed by atoms with Gasteiger partial charge in [-0.2, -0.15) is 0 Å². The maximum absolute atomic E-state index is 12.1. The Bertz CT molecular complexity index is 672. The van der Waals surface area contributed by atoms with Gasteiger partial charge < -0.3 is 14.8 Å². The predicted octanol–water partition coefficient (Wildman–Crippen LogP) is 2.50. The van der Waals surface area contributed by atoms with Crippen molar-refractivity contribution in [3.63, 3.8) is 0 Å². The molecule has 104 valence electrons. The van der Waals surface area contributed by atoms with Gasteiger partial charge in [0, 0.05) is 10.9 Å². The molecule has 1 amide bonds. The predicted molar refractivity (Wildman–Crippen MR) is 74.7 cm³/mol. The van der Waals surface area contributed by atoms with Crippen molar-refractivity contribution < 1.29 is 19.1 Å². The molecule has 2 aromatic rings. The third-order valence-corrected chi connectivity index (χ3v) is 3.06. The summed E-state index contributed by atoms with van der Waals surface area (Å²) in [5.74, 6) is -1.50. The van der Waals surface area contributed by atoms with Crippen LogP contribution in [0.1, 0.15) is 22.5 Å². The second-order valence-electron chi connectivity index (χ2n) is 4.44. The Morgan fingerprint density at radius 1 is 1.45 bits per heavy atom. The number of hydrogen-bond acceptors (Lipinski definition) is 3. The van der Waals surface area contributed by atoms with Crippen LogP contribution >= 0.6 is 0 Å². The molecule has 20 heavy (non-hydrogen) atoms. The van der Waals surface area contributed by atoms with Crippen LogP contribution < -0.4 is 5.32 Å². The molecule has 0 saturated heterocycles. The summed E-state index contributed by atoms with van der Waals surface area (Å²) >= 11 is 0. The summed E-state index contributed by atoms with van der Waals surface area (Å²) in [5, 5.41) is 12.3. The molecule has 1 unspecified atom stereocenters. The molecule has 1 heterocycles. The minimum atomic E-state index is -1.10. The second kappa shape index (κ2) is 5.61. The van der Waals surface area contributed by atoms with Crippen LogP contribution in [0.3, 0.4) is 0 Å². The van der Waals surface area contributed by atoms with Crippen LogP contribution in [0, 0.1) is 6.92 Å². The molecule has 1 atom stereocenters. The molecule has 2 N–H and O–H groups in total. The summed E-state index contributed by atoms with van der Waals surface area (Å²) in [4.78, 5) is 23.1. The fourth-order valence-corrected chi connectivity index (χ4v) is 2.00. The minimum Gasteiger partial charge on any atom is -0.480 e. The monoisotopic (exact) mass is 273 g/mol. The highest BCUT2D eigenvalue weighted by atomic mass is 16.4. The summed E-state index contributed by atoms with van der Waals surface area (Å²) in [7, 11) is 0. The second-order valence-corrected chi connectivity index (χ2v) is 4.44. The van der Waals surface area contributed by atoms with Crippen molar-refractivity contribution in [3.8, 4) is 0 Å². The third kappa shape index (κ3) is 2.56. The van der Waals surface area contributed by atoms with Gasteiger partial charge >= 0.3 is 5.97 Å². The van der Waals surface area contributed by atoms with Gasteiger partial charge in [0.1, 0.15) is 11.6 Å². The Morgan fingerprint density at radius 2 is 2.15 bits per heavy atom. The first-order valence-corrected chi connectivity index (χ1v) is 6.17. The number of carboxylic acids is 1. The zero-order chi connectivity index (χ0) is 14.7. The Labute approximate surface area is 115 Å². The van der Waals surface area contributed by atoms with Gasteiger partial charge in [0.25, 0.3) is 5.91 Å². The number of nitrogens with one attached hydrogen (secondary N) is 1. The molecule has 2 rings (SSSR count). The smallest absolute Gasteiger partial charge is 0.326 e. The average molecular weight is 273 g/mol. The van der Waals surface area contributed by atoms with Gasteiger partial charge in [-0.3, -0.25) is 4.79 Å². The molecule has 0 aliphatic carbocycles. The van der Waals surface area contributed by atoms with E-state index >= 15 is 0 Å². The number of carbonyl (C=O) groups excluding carboxylic acids is 1. The Hall–Kier alpha value is -2.56. The molecule has 0 bridgehead atoms. The average Bonchev–Trinajstić information content (AvgIpc) is 2.76. The van der Waals surface area contributed by atoms with Gasteiger partial charge in [0.15, 0.2) is 5.76 Å². The standard InChI is InChI=1S/C15H15NO4/c1-3-6-11(15(18)19)16-14(17)13-9(2)10-7-4-5-8-12(10)20-13/h3-5,7-8,11H,1,6H2,2H3,(H,16,17)(H,18,19). The Balaban J connectivity index is 2.29. The number of amides is 1. The van der Waals surface area contributed by atoms with Crippen LogP contribution in [0.2, 0.25) is 0 Å². The molecule has 0 radical (unpaired) electrons. The van der Waals surface area contributed by atoms with E-state index < -0.39 is 17.9 Å². The first-order valence-electron chi connectivity index (χ1n) is 6.17. The number of benzene rings is 1. The number of hydrogen-bond donors (Lipinski definition) is 2. The van der Waals surface area contributed by atoms with E-state index in [2.05, 4.69) is 11.9 Å². The van der Waals surface area contributed by atoms with E-state index in [0.717, 1.165) is 5.39 Å². The quantitative estimate of drug-likeness (QED) is 0.820. The fourth-order valence-electron chi connectivity index (χ4n) is 2.00. The van der Waals surface area contributed by atoms with Gasteiger partial charge in [0.2, 0.25) is 0 Å². The van der Waals surface area contributed by atoms with E-state index in [1.807, 2.05) is 18.2 Å². The van der Waals surface area contributed by atoms with E-state index in [0.29, 0.717) is 11.1 Å². The molecule has 0 aliphatic rings. The van der Waals surface area contributed by atoms with Crippen molar-refractivity contribution >= 4 is 22.8 Å². The normalized spacial score (nSPS) is 12.1. The summed E-state index contributed by atoms with van der Waals surface area (Å²) in [6.45, 7) is 5.25. The molecule has 0 spiro atoms. The molecular formula is C15H15NO4. The number of aryl methyl sites for hydroxylation is 1. The van der Waals surface area contributed by atoms with Crippen LogP contribution in [-0.2, 0) is 4.79 Å². The zero-order valence-corrected chi connectivity index (χ0v) is 11.1. The zero-order valence-electron chi connectivity index (χ0n) is 11.1. The van der Waals surface area contributed by atoms with Gasteiger partial charge in [-0.15, -0.1) is 6.58 Å². The molecule has 1 aromatic heterocycles. The lowest BCUT2D eigenvalue weighted by Gasteiger charge is -2.11. The van der Waals surface area contributed by atoms with Crippen molar-refractivity contribution in [1.82, 2.24) is 5.32 Å². The maximum Gasteiger partial charge on any atom is 0.326 e. The van der Waals surface area contributed by atoms with E-state index in [-0.39, 0.29) is 12.2 Å². The minimum absolute atomic E-state index is 0.140. The van der Waals surface area contributed by atoms with Crippen molar-refractivity contribution in [2.45, 2.75) is 19.4 Å². The fraction of sp³-hybridized carbons (Fsp3) is 0.200. The van der Waals surface area contributed by atoms with E-state index in [9.17, 15) is 9.59 Å². The Morgan fingerprint density at radius 3 is 2.75 bits per heavy atom. The molecule has 0 saturated carbocycles. The van der Waals surface area contributed by atoms with Crippen LogP contribution in [0.25, 0.3) is 11.0 Å². The van der Waals surface area contributed by atoms with E-state index in [4.69, 9.17) is 9.52 Å². The van der Waals surface area contributed by atoms with Gasteiger partial charge in [-0.05, 0) is 19.4 Å². The molecule has 5 heteroatoms. The molecule has 0 aliphatic heterocycles. The van der Waals surface area contributed by atoms with Crippen molar-refractivity contribution in [2.75, 3.05) is 0 Å². The van der Waals surface area contributed by atoms with E-state index in [1.54, 1.807) is 13.0 Å². The lowest BCUT2D eigenvalue weighted by atomic mass is 10.1. The number of rotatable bonds is 5. The van der Waals surface area contributed by atoms with E-state index in [1.165, 1.54) is 6.08 Å². The molecule has 1 aromatic carbocycles. The SMILES string of the molecule is C=CCC(NC(=O)c1oc2ccccc2c1C)C(=O)O. The van der Waals surface area contributed by atoms with Gasteiger partial charge in [-0.25, -0.2) is 4.79 Å². The topological polar surface area (TPSA) is 79.5 Å². The van der Waals surface area contributed by atoms with Crippen molar-refractivity contribution in [2.24, 2.45) is 0 Å². The molecule has 5 nitrogen and oxygen atoms in total. The number of aliphatic carboxylic acids is 1. The van der Waals surface area contributed by atoms with Crippen LogP contribution in [0.5, 0.6) is 0 Å².